The minimum atomic E-state index is -0.413. The number of unbranched alkanes of at least 4 members (excludes halogenated alkanes) is 2. The van der Waals surface area contributed by atoms with Crippen molar-refractivity contribution in [3.05, 3.63) is 105 Å². The Hall–Kier alpha value is -3.44. The summed E-state index contributed by atoms with van der Waals surface area (Å²) in [6.07, 6.45) is 4.40. The second-order valence-corrected chi connectivity index (χ2v) is 9.66. The number of aryl methyl sites for hydroxylation is 1. The van der Waals surface area contributed by atoms with E-state index in [9.17, 15) is 9.59 Å². The fraction of sp³-hybridized carbons (Fsp3) is 0.323. The molecule has 5 nitrogen and oxygen atoms in total. The maximum atomic E-state index is 13.9. The number of nitrogens with zero attached hydrogens (tertiary/aromatic N) is 3. The Labute approximate surface area is 223 Å². The van der Waals surface area contributed by atoms with Gasteiger partial charge in [-0.05, 0) is 61.2 Å². The zero-order chi connectivity index (χ0) is 26.4. The summed E-state index contributed by atoms with van der Waals surface area (Å²) in [4.78, 5) is 34.7. The van der Waals surface area contributed by atoms with E-state index in [0.717, 1.165) is 31.4 Å². The Balaban J connectivity index is 1.92. The molecule has 37 heavy (non-hydrogen) atoms. The highest BCUT2D eigenvalue weighted by Gasteiger charge is 2.30. The van der Waals surface area contributed by atoms with Gasteiger partial charge in [-0.1, -0.05) is 81.6 Å². The zero-order valence-electron chi connectivity index (χ0n) is 21.8. The number of benzene rings is 3. The van der Waals surface area contributed by atoms with Crippen molar-refractivity contribution >= 4 is 28.4 Å². The first kappa shape index (κ1) is 26.6. The van der Waals surface area contributed by atoms with Gasteiger partial charge in [0.1, 0.15) is 5.82 Å². The number of hydrogen-bond donors (Lipinski definition) is 0. The molecule has 0 N–H and O–H groups in total. The maximum Gasteiger partial charge on any atom is 0.266 e. The van der Waals surface area contributed by atoms with Crippen LogP contribution >= 0.6 is 11.6 Å². The van der Waals surface area contributed by atoms with Crippen LogP contribution in [0.2, 0.25) is 5.02 Å². The summed E-state index contributed by atoms with van der Waals surface area (Å²) in [5.41, 5.74) is 2.88. The normalized spacial score (nSPS) is 12.0. The molecule has 1 aromatic heterocycles. The number of rotatable bonds is 10. The van der Waals surface area contributed by atoms with Crippen LogP contribution < -0.4 is 5.56 Å². The number of halogens is 1. The number of para-hydroxylation sites is 1. The van der Waals surface area contributed by atoms with Crippen molar-refractivity contribution < 1.29 is 4.79 Å². The van der Waals surface area contributed by atoms with Crippen molar-refractivity contribution in [3.63, 3.8) is 0 Å². The van der Waals surface area contributed by atoms with Gasteiger partial charge < -0.3 is 4.90 Å². The third-order valence-corrected chi connectivity index (χ3v) is 7.16. The van der Waals surface area contributed by atoms with Crippen LogP contribution in [0.25, 0.3) is 16.6 Å². The molecule has 4 rings (SSSR count). The monoisotopic (exact) mass is 515 g/mol. The fourth-order valence-electron chi connectivity index (χ4n) is 4.77. The molecule has 1 atom stereocenters. The first-order valence-corrected chi connectivity index (χ1v) is 13.5. The average molecular weight is 516 g/mol. The van der Waals surface area contributed by atoms with Gasteiger partial charge in [-0.3, -0.25) is 14.2 Å². The molecule has 3 aromatic carbocycles. The maximum absolute atomic E-state index is 13.9. The lowest BCUT2D eigenvalue weighted by molar-refractivity contribution is 0.0655. The molecule has 1 amide bonds. The molecule has 0 saturated heterocycles. The molecule has 4 aromatic rings. The smallest absolute Gasteiger partial charge is 0.266 e. The molecule has 192 valence electrons. The lowest BCUT2D eigenvalue weighted by atomic mass is 10.1. The average Bonchev–Trinajstić information content (AvgIpc) is 2.93. The topological polar surface area (TPSA) is 55.2 Å². The second-order valence-electron chi connectivity index (χ2n) is 9.26. The highest BCUT2D eigenvalue weighted by atomic mass is 35.5. The predicted octanol–water partition coefficient (Wildman–Crippen LogP) is 7.39. The molecular formula is C31H34ClN3O2. The molecule has 0 aliphatic heterocycles. The van der Waals surface area contributed by atoms with E-state index in [1.165, 1.54) is 5.56 Å². The van der Waals surface area contributed by atoms with Crippen LogP contribution in [0.1, 0.15) is 74.2 Å². The van der Waals surface area contributed by atoms with E-state index >= 15 is 0 Å². The lowest BCUT2D eigenvalue weighted by Crippen LogP contribution is -2.39. The minimum Gasteiger partial charge on any atom is -0.328 e. The van der Waals surface area contributed by atoms with Crippen LogP contribution in [-0.4, -0.2) is 26.9 Å². The van der Waals surface area contributed by atoms with E-state index in [1.54, 1.807) is 22.8 Å². The first-order chi connectivity index (χ1) is 18.0. The number of aromatic nitrogens is 2. The highest BCUT2D eigenvalue weighted by Crippen LogP contribution is 2.29. The van der Waals surface area contributed by atoms with Crippen molar-refractivity contribution in [2.45, 2.75) is 58.9 Å². The summed E-state index contributed by atoms with van der Waals surface area (Å²) < 4.78 is 1.68. The number of fused-ring (bicyclic) bond motifs is 1. The van der Waals surface area contributed by atoms with Gasteiger partial charge in [0.25, 0.3) is 11.5 Å². The molecule has 0 aliphatic carbocycles. The van der Waals surface area contributed by atoms with Crippen LogP contribution in [0, 0.1) is 0 Å². The van der Waals surface area contributed by atoms with Gasteiger partial charge in [0, 0.05) is 6.54 Å². The van der Waals surface area contributed by atoms with Gasteiger partial charge >= 0.3 is 0 Å². The lowest BCUT2D eigenvalue weighted by Gasteiger charge is -2.33. The third kappa shape index (κ3) is 5.62. The van der Waals surface area contributed by atoms with Crippen LogP contribution in [-0.2, 0) is 6.42 Å². The number of carbonyl (C=O) groups is 1. The van der Waals surface area contributed by atoms with Crippen molar-refractivity contribution in [3.8, 4) is 5.69 Å². The Bertz CT molecular complexity index is 1430. The van der Waals surface area contributed by atoms with Crippen LogP contribution in [0.5, 0.6) is 0 Å². The van der Waals surface area contributed by atoms with E-state index < -0.39 is 6.04 Å². The Morgan fingerprint density at radius 2 is 1.65 bits per heavy atom. The molecule has 0 bridgehead atoms. The van der Waals surface area contributed by atoms with Crippen LogP contribution in [0.4, 0.5) is 0 Å². The molecule has 0 saturated carbocycles. The van der Waals surface area contributed by atoms with E-state index in [2.05, 4.69) is 13.8 Å². The molecule has 0 spiro atoms. The van der Waals surface area contributed by atoms with Gasteiger partial charge in [-0.15, -0.1) is 0 Å². The minimum absolute atomic E-state index is 0.137. The fourth-order valence-corrected chi connectivity index (χ4v) is 4.98. The first-order valence-electron chi connectivity index (χ1n) is 13.2. The van der Waals surface area contributed by atoms with Crippen molar-refractivity contribution in [1.29, 1.82) is 0 Å². The van der Waals surface area contributed by atoms with E-state index in [-0.39, 0.29) is 11.5 Å². The van der Waals surface area contributed by atoms with Crippen molar-refractivity contribution in [2.24, 2.45) is 0 Å². The largest absolute Gasteiger partial charge is 0.328 e. The van der Waals surface area contributed by atoms with Crippen molar-refractivity contribution in [2.75, 3.05) is 6.54 Å². The highest BCUT2D eigenvalue weighted by molar-refractivity contribution is 6.33. The zero-order valence-corrected chi connectivity index (χ0v) is 22.5. The Morgan fingerprint density at radius 3 is 2.32 bits per heavy atom. The van der Waals surface area contributed by atoms with Crippen LogP contribution in [0.15, 0.2) is 77.6 Å². The second kappa shape index (κ2) is 12.2. The van der Waals surface area contributed by atoms with Gasteiger partial charge in [0.2, 0.25) is 0 Å². The van der Waals surface area contributed by atoms with Gasteiger partial charge in [-0.2, -0.15) is 0 Å². The van der Waals surface area contributed by atoms with E-state index in [1.807, 2.05) is 66.4 Å². The molecule has 0 radical (unpaired) electrons. The van der Waals surface area contributed by atoms with Crippen LogP contribution in [0.3, 0.4) is 0 Å². The van der Waals surface area contributed by atoms with Gasteiger partial charge in [0.05, 0.1) is 33.2 Å². The number of carbonyl (C=O) groups excluding carboxylic acids is 1. The summed E-state index contributed by atoms with van der Waals surface area (Å²) in [6, 6.07) is 22.1. The molecule has 1 heterocycles. The molecule has 0 aliphatic rings. The molecule has 0 fully saturated rings. The van der Waals surface area contributed by atoms with Gasteiger partial charge in [0.15, 0.2) is 0 Å². The Kier molecular flexibility index (Phi) is 8.78. The Morgan fingerprint density at radius 1 is 0.946 bits per heavy atom. The summed E-state index contributed by atoms with van der Waals surface area (Å²) in [7, 11) is 0. The van der Waals surface area contributed by atoms with E-state index in [0.29, 0.717) is 40.3 Å². The summed E-state index contributed by atoms with van der Waals surface area (Å²) >= 11 is 6.46. The third-order valence-electron chi connectivity index (χ3n) is 6.83. The SMILES string of the molecule is CCCCCN(C(=O)c1ccccc1Cl)C(CC)c1nc2ccccc2c(=O)n1-c1ccc(CC)cc1. The molecular weight excluding hydrogens is 482 g/mol. The molecule has 6 heteroatoms. The summed E-state index contributed by atoms with van der Waals surface area (Å²) in [6.45, 7) is 6.82. The predicted molar refractivity (Wildman–Crippen MR) is 152 cm³/mol. The summed E-state index contributed by atoms with van der Waals surface area (Å²) in [5, 5.41) is 0.970. The molecule has 1 unspecified atom stereocenters. The quantitative estimate of drug-likeness (QED) is 0.207. The van der Waals surface area contributed by atoms with Crippen molar-refractivity contribution in [1.82, 2.24) is 14.5 Å². The number of amides is 1. The van der Waals surface area contributed by atoms with E-state index in [4.69, 9.17) is 16.6 Å². The number of hydrogen-bond acceptors (Lipinski definition) is 3. The van der Waals surface area contributed by atoms with Gasteiger partial charge in [-0.25, -0.2) is 4.98 Å². The standard InChI is InChI=1S/C31H34ClN3O2/c1-4-7-12-21-34(30(36)24-13-8-10-15-26(24)32)28(6-3)29-33-27-16-11-9-14-25(27)31(37)35(29)23-19-17-22(5-2)18-20-23/h8-11,13-20,28H,4-7,12,21H2,1-3H3. The summed E-state index contributed by atoms with van der Waals surface area (Å²) in [5.74, 6) is 0.413.